The minimum atomic E-state index is -0.752. The lowest BCUT2D eigenvalue weighted by Gasteiger charge is -2.36. The monoisotopic (exact) mass is 451 g/mol. The minimum absolute atomic E-state index is 0.252. The molecule has 172 valence electrons. The van der Waals surface area contributed by atoms with Crippen molar-refractivity contribution >= 4 is 6.09 Å². The SMILES string of the molecule is O=C(NCCCOC(c1ccccc1)(c1ccccc1)c1ccccc1)OCc1ccccc1. The summed E-state index contributed by atoms with van der Waals surface area (Å²) in [5.41, 5.74) is 3.38. The van der Waals surface area contributed by atoms with E-state index in [0.717, 1.165) is 22.3 Å². The van der Waals surface area contributed by atoms with Gasteiger partial charge in [0.15, 0.2) is 0 Å². The summed E-state index contributed by atoms with van der Waals surface area (Å²) in [6.45, 7) is 1.17. The van der Waals surface area contributed by atoms with Crippen LogP contribution in [0.5, 0.6) is 0 Å². The van der Waals surface area contributed by atoms with E-state index < -0.39 is 11.7 Å². The topological polar surface area (TPSA) is 47.6 Å². The maximum absolute atomic E-state index is 12.1. The predicted octanol–water partition coefficient (Wildman–Crippen LogP) is 6.31. The number of alkyl carbamates (subject to hydrolysis) is 1. The molecule has 0 aliphatic heterocycles. The Balaban J connectivity index is 1.44. The smallest absolute Gasteiger partial charge is 0.407 e. The van der Waals surface area contributed by atoms with Crippen LogP contribution in [-0.4, -0.2) is 19.2 Å². The molecule has 0 spiro atoms. The quantitative estimate of drug-likeness (QED) is 0.227. The summed E-state index contributed by atoms with van der Waals surface area (Å²) in [5.74, 6) is 0. The molecule has 0 radical (unpaired) electrons. The first-order valence-corrected chi connectivity index (χ1v) is 11.5. The Hall–Kier alpha value is -3.89. The summed E-state index contributed by atoms with van der Waals surface area (Å²) in [7, 11) is 0. The van der Waals surface area contributed by atoms with Gasteiger partial charge in [0.1, 0.15) is 12.2 Å². The van der Waals surface area contributed by atoms with Gasteiger partial charge in [-0.05, 0) is 28.7 Å². The number of hydrogen-bond acceptors (Lipinski definition) is 3. The molecule has 0 heterocycles. The molecule has 0 saturated carbocycles. The molecule has 4 nitrogen and oxygen atoms in total. The third-order valence-corrected chi connectivity index (χ3v) is 5.66. The van der Waals surface area contributed by atoms with Gasteiger partial charge in [0.05, 0.1) is 6.61 Å². The Bertz CT molecular complexity index is 1040. The van der Waals surface area contributed by atoms with E-state index in [1.54, 1.807) is 0 Å². The molecule has 0 unspecified atom stereocenters. The average Bonchev–Trinajstić information content (AvgIpc) is 2.92. The highest BCUT2D eigenvalue weighted by atomic mass is 16.5. The van der Waals surface area contributed by atoms with Crippen molar-refractivity contribution in [2.75, 3.05) is 13.2 Å². The molecule has 4 aromatic rings. The fraction of sp³-hybridized carbons (Fsp3) is 0.167. The molecule has 1 amide bonds. The van der Waals surface area contributed by atoms with Crippen molar-refractivity contribution < 1.29 is 14.3 Å². The van der Waals surface area contributed by atoms with Crippen LogP contribution in [0.4, 0.5) is 4.79 Å². The van der Waals surface area contributed by atoms with Crippen molar-refractivity contribution in [2.45, 2.75) is 18.6 Å². The molecule has 0 atom stereocenters. The van der Waals surface area contributed by atoms with Gasteiger partial charge in [0, 0.05) is 6.54 Å². The molecule has 0 saturated heterocycles. The van der Waals surface area contributed by atoms with E-state index in [4.69, 9.17) is 9.47 Å². The maximum atomic E-state index is 12.1. The standard InChI is InChI=1S/C30H29NO3/c32-29(33-24-25-14-5-1-6-15-25)31-22-13-23-34-30(26-16-7-2-8-17-26,27-18-9-3-10-19-27)28-20-11-4-12-21-28/h1-12,14-21H,13,22-24H2,(H,31,32). The zero-order valence-corrected chi connectivity index (χ0v) is 19.1. The van der Waals surface area contributed by atoms with Gasteiger partial charge >= 0.3 is 6.09 Å². The van der Waals surface area contributed by atoms with Gasteiger partial charge < -0.3 is 14.8 Å². The van der Waals surface area contributed by atoms with Gasteiger partial charge in [0.2, 0.25) is 0 Å². The predicted molar refractivity (Wildman–Crippen MR) is 134 cm³/mol. The fourth-order valence-corrected chi connectivity index (χ4v) is 4.03. The molecule has 0 fully saturated rings. The summed E-state index contributed by atoms with van der Waals surface area (Å²) >= 11 is 0. The number of rotatable bonds is 10. The Morgan fingerprint density at radius 1 is 0.647 bits per heavy atom. The van der Waals surface area contributed by atoms with Gasteiger partial charge in [-0.2, -0.15) is 0 Å². The van der Waals surface area contributed by atoms with Gasteiger partial charge in [-0.1, -0.05) is 121 Å². The number of ether oxygens (including phenoxy) is 2. The molecule has 1 N–H and O–H groups in total. The zero-order chi connectivity index (χ0) is 23.5. The molecule has 4 heteroatoms. The van der Waals surface area contributed by atoms with E-state index in [1.165, 1.54) is 0 Å². The van der Waals surface area contributed by atoms with E-state index in [0.29, 0.717) is 19.6 Å². The van der Waals surface area contributed by atoms with Crippen LogP contribution >= 0.6 is 0 Å². The second-order valence-electron chi connectivity index (χ2n) is 7.97. The largest absolute Gasteiger partial charge is 0.445 e. The molecule has 0 aromatic heterocycles. The van der Waals surface area contributed by atoms with Crippen molar-refractivity contribution in [3.63, 3.8) is 0 Å². The third kappa shape index (κ3) is 5.72. The zero-order valence-electron chi connectivity index (χ0n) is 19.1. The Morgan fingerprint density at radius 3 is 1.56 bits per heavy atom. The van der Waals surface area contributed by atoms with Crippen molar-refractivity contribution in [2.24, 2.45) is 0 Å². The molecular formula is C30H29NO3. The summed E-state index contributed by atoms with van der Waals surface area (Å²) in [6, 6.07) is 40.4. The third-order valence-electron chi connectivity index (χ3n) is 5.66. The lowest BCUT2D eigenvalue weighted by Crippen LogP contribution is -2.34. The maximum Gasteiger partial charge on any atom is 0.407 e. The summed E-state index contributed by atoms with van der Waals surface area (Å²) in [5, 5.41) is 2.82. The normalized spacial score (nSPS) is 11.1. The van der Waals surface area contributed by atoms with Crippen molar-refractivity contribution in [3.8, 4) is 0 Å². The van der Waals surface area contributed by atoms with Gasteiger partial charge in [-0.15, -0.1) is 0 Å². The Morgan fingerprint density at radius 2 is 1.09 bits per heavy atom. The van der Waals surface area contributed by atoms with Gasteiger partial charge in [-0.25, -0.2) is 4.79 Å². The van der Waals surface area contributed by atoms with E-state index in [9.17, 15) is 4.79 Å². The van der Waals surface area contributed by atoms with E-state index in [2.05, 4.69) is 41.7 Å². The van der Waals surface area contributed by atoms with Crippen LogP contribution in [0.3, 0.4) is 0 Å². The second kappa shape index (κ2) is 11.8. The first-order chi connectivity index (χ1) is 16.8. The van der Waals surface area contributed by atoms with Crippen LogP contribution in [0.15, 0.2) is 121 Å². The average molecular weight is 452 g/mol. The number of amides is 1. The van der Waals surface area contributed by atoms with E-state index in [1.807, 2.05) is 84.9 Å². The van der Waals surface area contributed by atoms with Gasteiger partial charge in [0.25, 0.3) is 0 Å². The summed E-state index contributed by atoms with van der Waals surface area (Å²) < 4.78 is 12.0. The minimum Gasteiger partial charge on any atom is -0.445 e. The molecule has 0 aliphatic carbocycles. The van der Waals surface area contributed by atoms with E-state index in [-0.39, 0.29) is 6.61 Å². The molecule has 4 rings (SSSR count). The van der Waals surface area contributed by atoms with Crippen molar-refractivity contribution in [1.82, 2.24) is 5.32 Å². The number of carbonyl (C=O) groups is 1. The Labute approximate surface area is 201 Å². The van der Waals surface area contributed by atoms with Crippen LogP contribution in [0, 0.1) is 0 Å². The molecule has 0 bridgehead atoms. The van der Waals surface area contributed by atoms with Crippen LogP contribution in [0.2, 0.25) is 0 Å². The number of benzene rings is 4. The molecule has 4 aromatic carbocycles. The van der Waals surface area contributed by atoms with Crippen molar-refractivity contribution in [1.29, 1.82) is 0 Å². The number of hydrogen-bond donors (Lipinski definition) is 1. The summed E-state index contributed by atoms with van der Waals surface area (Å²) in [4.78, 5) is 12.1. The van der Waals surface area contributed by atoms with Gasteiger partial charge in [-0.3, -0.25) is 0 Å². The lowest BCUT2D eigenvalue weighted by atomic mass is 9.80. The highest BCUT2D eigenvalue weighted by molar-refractivity contribution is 5.67. The summed E-state index contributed by atoms with van der Waals surface area (Å²) in [6.07, 6.45) is 0.221. The number of nitrogens with one attached hydrogen (secondary N) is 1. The first kappa shape index (κ1) is 23.3. The highest BCUT2D eigenvalue weighted by Crippen LogP contribution is 2.40. The molecule has 0 aliphatic rings. The van der Waals surface area contributed by atoms with Crippen LogP contribution in [0.1, 0.15) is 28.7 Å². The fourth-order valence-electron chi connectivity index (χ4n) is 4.03. The molecule has 34 heavy (non-hydrogen) atoms. The van der Waals surface area contributed by atoms with Crippen molar-refractivity contribution in [3.05, 3.63) is 144 Å². The highest BCUT2D eigenvalue weighted by Gasteiger charge is 2.37. The van der Waals surface area contributed by atoms with Crippen LogP contribution in [-0.2, 0) is 21.7 Å². The first-order valence-electron chi connectivity index (χ1n) is 11.5. The van der Waals surface area contributed by atoms with Crippen LogP contribution in [0.25, 0.3) is 0 Å². The number of carbonyl (C=O) groups excluding carboxylic acids is 1. The molecular weight excluding hydrogens is 422 g/mol. The Kier molecular flexibility index (Phi) is 8.09. The van der Waals surface area contributed by atoms with E-state index >= 15 is 0 Å². The van der Waals surface area contributed by atoms with Crippen LogP contribution < -0.4 is 5.32 Å². The lowest BCUT2D eigenvalue weighted by molar-refractivity contribution is 0.0116. The second-order valence-corrected chi connectivity index (χ2v) is 7.97.